The third-order valence-corrected chi connectivity index (χ3v) is 5.46. The van der Waals surface area contributed by atoms with E-state index < -0.39 is 17.5 Å². The van der Waals surface area contributed by atoms with Gasteiger partial charge in [0.15, 0.2) is 11.6 Å². The lowest BCUT2D eigenvalue weighted by molar-refractivity contribution is 0.0693. The first-order valence-electron chi connectivity index (χ1n) is 9.40. The standard InChI is InChI=1S/C20H23F2N3O2/c1-27-16-7-6-15(21)18(22)17(16)20(26)25-9-2-3-14(12-25)19-23-8-10-24(19)11-13-4-5-13/h6-8,10,13-14H,2-5,9,11-12H2,1H3/t14-/m1/s1. The molecule has 1 aromatic carbocycles. The van der Waals surface area contributed by atoms with Gasteiger partial charge in [0.1, 0.15) is 17.1 Å². The maximum atomic E-state index is 14.3. The van der Waals surface area contributed by atoms with Crippen LogP contribution < -0.4 is 4.74 Å². The summed E-state index contributed by atoms with van der Waals surface area (Å²) in [5.41, 5.74) is -0.334. The summed E-state index contributed by atoms with van der Waals surface area (Å²) in [6.07, 6.45) is 8.02. The van der Waals surface area contributed by atoms with E-state index in [9.17, 15) is 13.6 Å². The summed E-state index contributed by atoms with van der Waals surface area (Å²) in [5, 5.41) is 0. The molecule has 144 valence electrons. The third kappa shape index (κ3) is 3.55. The van der Waals surface area contributed by atoms with Crippen LogP contribution in [0.4, 0.5) is 8.78 Å². The Hall–Kier alpha value is -2.44. The third-order valence-electron chi connectivity index (χ3n) is 5.46. The number of carbonyl (C=O) groups excluding carboxylic acids is 1. The van der Waals surface area contributed by atoms with Gasteiger partial charge in [-0.15, -0.1) is 0 Å². The fraction of sp³-hybridized carbons (Fsp3) is 0.500. The van der Waals surface area contributed by atoms with E-state index in [0.29, 0.717) is 13.1 Å². The minimum Gasteiger partial charge on any atom is -0.496 e. The van der Waals surface area contributed by atoms with Gasteiger partial charge in [0.05, 0.1) is 7.11 Å². The smallest absolute Gasteiger partial charge is 0.260 e. The van der Waals surface area contributed by atoms with Crippen molar-refractivity contribution in [1.82, 2.24) is 14.5 Å². The summed E-state index contributed by atoms with van der Waals surface area (Å²) in [7, 11) is 1.34. The number of methoxy groups -OCH3 is 1. The molecule has 1 amide bonds. The van der Waals surface area contributed by atoms with Gasteiger partial charge in [-0.05, 0) is 43.7 Å². The van der Waals surface area contributed by atoms with Crippen molar-refractivity contribution >= 4 is 5.91 Å². The molecule has 2 aromatic rings. The summed E-state index contributed by atoms with van der Waals surface area (Å²) >= 11 is 0. The topological polar surface area (TPSA) is 47.4 Å². The van der Waals surface area contributed by atoms with Crippen LogP contribution in [0.2, 0.25) is 0 Å². The number of imidazole rings is 1. The second kappa shape index (κ2) is 7.29. The molecular formula is C20H23F2N3O2. The molecule has 2 aliphatic rings. The number of hydrogen-bond donors (Lipinski definition) is 0. The Kier molecular flexibility index (Phi) is 4.85. The van der Waals surface area contributed by atoms with Crippen LogP contribution in [0, 0.1) is 17.6 Å². The molecule has 1 atom stereocenters. The van der Waals surface area contributed by atoms with Crippen LogP contribution in [-0.2, 0) is 6.54 Å². The van der Waals surface area contributed by atoms with Crippen LogP contribution in [0.15, 0.2) is 24.5 Å². The van der Waals surface area contributed by atoms with Crippen LogP contribution in [0.1, 0.15) is 47.8 Å². The van der Waals surface area contributed by atoms with Gasteiger partial charge < -0.3 is 14.2 Å². The van der Waals surface area contributed by atoms with Gasteiger partial charge in [0, 0.05) is 37.9 Å². The lowest BCUT2D eigenvalue weighted by Crippen LogP contribution is -2.40. The highest BCUT2D eigenvalue weighted by Gasteiger charge is 2.32. The van der Waals surface area contributed by atoms with E-state index in [1.807, 2.05) is 6.20 Å². The fourth-order valence-electron chi connectivity index (χ4n) is 3.85. The second-order valence-electron chi connectivity index (χ2n) is 7.41. The number of aromatic nitrogens is 2. The van der Waals surface area contributed by atoms with Crippen molar-refractivity contribution in [3.05, 3.63) is 47.5 Å². The molecule has 0 bridgehead atoms. The molecule has 1 aliphatic heterocycles. The minimum absolute atomic E-state index is 0.0521. The zero-order valence-electron chi connectivity index (χ0n) is 15.3. The Bertz CT molecular complexity index is 848. The number of amides is 1. The predicted molar refractivity (Wildman–Crippen MR) is 95.7 cm³/mol. The highest BCUT2D eigenvalue weighted by atomic mass is 19.2. The number of ether oxygens (including phenoxy) is 1. The predicted octanol–water partition coefficient (Wildman–Crippen LogP) is 3.60. The molecule has 1 saturated heterocycles. The van der Waals surface area contributed by atoms with Gasteiger partial charge in [0.25, 0.3) is 5.91 Å². The van der Waals surface area contributed by atoms with E-state index in [2.05, 4.69) is 9.55 Å². The van der Waals surface area contributed by atoms with E-state index in [-0.39, 0.29) is 17.2 Å². The quantitative estimate of drug-likeness (QED) is 0.802. The van der Waals surface area contributed by atoms with Crippen molar-refractivity contribution in [3.63, 3.8) is 0 Å². The zero-order valence-corrected chi connectivity index (χ0v) is 15.3. The molecule has 0 spiro atoms. The van der Waals surface area contributed by atoms with Gasteiger partial charge in [-0.1, -0.05) is 0 Å². The van der Waals surface area contributed by atoms with Gasteiger partial charge in [-0.3, -0.25) is 4.79 Å². The monoisotopic (exact) mass is 375 g/mol. The SMILES string of the molecule is COc1ccc(F)c(F)c1C(=O)N1CCC[C@@H](c2nccn2CC2CC2)C1. The molecule has 5 nitrogen and oxygen atoms in total. The van der Waals surface area contributed by atoms with Crippen LogP contribution in [-0.4, -0.2) is 40.6 Å². The van der Waals surface area contributed by atoms with E-state index >= 15 is 0 Å². The summed E-state index contributed by atoms with van der Waals surface area (Å²) in [6, 6.07) is 2.26. The van der Waals surface area contributed by atoms with Gasteiger partial charge in [0.2, 0.25) is 0 Å². The zero-order chi connectivity index (χ0) is 19.0. The molecule has 1 aliphatic carbocycles. The number of carbonyl (C=O) groups is 1. The highest BCUT2D eigenvalue weighted by Crippen LogP contribution is 2.34. The Labute approximate surface area is 156 Å². The first kappa shape index (κ1) is 17.9. The number of hydrogen-bond acceptors (Lipinski definition) is 3. The summed E-state index contributed by atoms with van der Waals surface area (Å²) < 4.78 is 35.3. The first-order valence-corrected chi connectivity index (χ1v) is 9.40. The summed E-state index contributed by atoms with van der Waals surface area (Å²) in [6.45, 7) is 1.92. The molecule has 27 heavy (non-hydrogen) atoms. The molecule has 4 rings (SSSR count). The molecule has 0 N–H and O–H groups in total. The average Bonchev–Trinajstić information content (AvgIpc) is 3.38. The van der Waals surface area contributed by atoms with Crippen molar-refractivity contribution in [1.29, 1.82) is 0 Å². The maximum Gasteiger partial charge on any atom is 0.260 e. The number of halogens is 2. The van der Waals surface area contributed by atoms with Crippen LogP contribution in [0.3, 0.4) is 0 Å². The summed E-state index contributed by atoms with van der Waals surface area (Å²) in [4.78, 5) is 19.1. The van der Waals surface area contributed by atoms with Crippen LogP contribution >= 0.6 is 0 Å². The van der Waals surface area contributed by atoms with E-state index in [0.717, 1.165) is 37.2 Å². The number of nitrogens with zero attached hydrogens (tertiary/aromatic N) is 3. The second-order valence-corrected chi connectivity index (χ2v) is 7.41. The van der Waals surface area contributed by atoms with Gasteiger partial charge in [-0.2, -0.15) is 0 Å². The lowest BCUT2D eigenvalue weighted by atomic mass is 9.96. The fourth-order valence-corrected chi connectivity index (χ4v) is 3.85. The van der Waals surface area contributed by atoms with Crippen LogP contribution in [0.25, 0.3) is 0 Å². The Morgan fingerprint density at radius 2 is 2.11 bits per heavy atom. The normalized spacial score (nSPS) is 20.0. The van der Waals surface area contributed by atoms with Crippen molar-refractivity contribution < 1.29 is 18.3 Å². The number of rotatable bonds is 5. The molecule has 0 radical (unpaired) electrons. The number of piperidine rings is 1. The molecule has 7 heteroatoms. The largest absolute Gasteiger partial charge is 0.496 e. The molecule has 1 aromatic heterocycles. The molecule has 2 heterocycles. The highest BCUT2D eigenvalue weighted by molar-refractivity contribution is 5.97. The number of likely N-dealkylation sites (tertiary alicyclic amines) is 1. The van der Waals surface area contributed by atoms with Crippen LogP contribution in [0.5, 0.6) is 5.75 Å². The maximum absolute atomic E-state index is 14.3. The minimum atomic E-state index is -1.16. The molecule has 1 saturated carbocycles. The lowest BCUT2D eigenvalue weighted by Gasteiger charge is -2.33. The Balaban J connectivity index is 1.56. The summed E-state index contributed by atoms with van der Waals surface area (Å²) in [5.74, 6) is -0.885. The van der Waals surface area contributed by atoms with Crippen molar-refractivity contribution in [2.24, 2.45) is 5.92 Å². The Morgan fingerprint density at radius 3 is 2.85 bits per heavy atom. The van der Waals surface area contributed by atoms with Gasteiger partial charge >= 0.3 is 0 Å². The first-order chi connectivity index (χ1) is 13.1. The average molecular weight is 375 g/mol. The molecular weight excluding hydrogens is 352 g/mol. The van der Waals surface area contributed by atoms with Crippen molar-refractivity contribution in [3.8, 4) is 5.75 Å². The van der Waals surface area contributed by atoms with E-state index in [1.165, 1.54) is 26.0 Å². The van der Waals surface area contributed by atoms with Gasteiger partial charge in [-0.25, -0.2) is 13.8 Å². The van der Waals surface area contributed by atoms with Crippen molar-refractivity contribution in [2.75, 3.05) is 20.2 Å². The Morgan fingerprint density at radius 1 is 1.30 bits per heavy atom. The number of benzene rings is 1. The van der Waals surface area contributed by atoms with E-state index in [1.54, 1.807) is 11.1 Å². The molecule has 2 fully saturated rings. The molecule has 0 unspecified atom stereocenters. The van der Waals surface area contributed by atoms with E-state index in [4.69, 9.17) is 4.74 Å². The van der Waals surface area contributed by atoms with Crippen molar-refractivity contribution in [2.45, 2.75) is 38.1 Å².